The molecule has 5 heteroatoms. The zero-order chi connectivity index (χ0) is 18.8. The Bertz CT molecular complexity index is 908. The number of halogens is 1. The van der Waals surface area contributed by atoms with Crippen molar-refractivity contribution in [3.05, 3.63) is 59.4 Å². The average Bonchev–Trinajstić information content (AvgIpc) is 3.04. The number of benzene rings is 2. The summed E-state index contributed by atoms with van der Waals surface area (Å²) in [5.41, 5.74) is 4.48. The maximum absolute atomic E-state index is 13.3. The predicted octanol–water partition coefficient (Wildman–Crippen LogP) is 4.06. The smallest absolute Gasteiger partial charge is 0.206 e. The van der Waals surface area contributed by atoms with Crippen LogP contribution in [0.15, 0.2) is 42.5 Å². The van der Waals surface area contributed by atoms with Gasteiger partial charge in [-0.05, 0) is 49.2 Å². The molecule has 3 aromatic rings. The van der Waals surface area contributed by atoms with Crippen LogP contribution in [0.2, 0.25) is 0 Å². The summed E-state index contributed by atoms with van der Waals surface area (Å²) in [6, 6.07) is 13.1. The topological polar surface area (TPSA) is 24.3 Å². The first-order valence-electron chi connectivity index (χ1n) is 9.83. The van der Waals surface area contributed by atoms with E-state index in [1.165, 1.54) is 30.7 Å². The molecule has 2 aromatic carbocycles. The second-order valence-corrected chi connectivity index (χ2v) is 7.40. The Kier molecular flexibility index (Phi) is 5.12. The molecular formula is C22H27FN4. The molecule has 0 saturated carbocycles. The third-order valence-electron chi connectivity index (χ3n) is 5.41. The van der Waals surface area contributed by atoms with E-state index in [-0.39, 0.29) is 5.82 Å². The van der Waals surface area contributed by atoms with Gasteiger partial charge in [0.25, 0.3) is 0 Å². The third-order valence-corrected chi connectivity index (χ3v) is 5.41. The summed E-state index contributed by atoms with van der Waals surface area (Å²) in [5, 5.41) is 0. The van der Waals surface area contributed by atoms with E-state index in [2.05, 4.69) is 46.4 Å². The SMILES string of the molecule is CCCN1CCN(c2nc3c(C)cccc3n2Cc2ccc(F)cc2)CC1. The molecular weight excluding hydrogens is 339 g/mol. The average molecular weight is 366 g/mol. The largest absolute Gasteiger partial charge is 0.340 e. The fourth-order valence-electron chi connectivity index (χ4n) is 3.93. The lowest BCUT2D eigenvalue weighted by Crippen LogP contribution is -2.47. The molecule has 1 saturated heterocycles. The number of piperazine rings is 1. The highest BCUT2D eigenvalue weighted by atomic mass is 19.1. The third kappa shape index (κ3) is 3.69. The number of hydrogen-bond acceptors (Lipinski definition) is 3. The molecule has 0 amide bonds. The van der Waals surface area contributed by atoms with Crippen LogP contribution in [-0.4, -0.2) is 47.2 Å². The molecule has 2 heterocycles. The maximum Gasteiger partial charge on any atom is 0.206 e. The van der Waals surface area contributed by atoms with Crippen LogP contribution in [0.1, 0.15) is 24.5 Å². The molecule has 0 N–H and O–H groups in total. The standard InChI is InChI=1S/C22H27FN4/c1-3-11-25-12-14-26(15-13-25)22-24-21-17(2)5-4-6-20(21)27(22)16-18-7-9-19(23)10-8-18/h4-10H,3,11-16H2,1-2H3. The lowest BCUT2D eigenvalue weighted by molar-refractivity contribution is 0.257. The van der Waals surface area contributed by atoms with E-state index >= 15 is 0 Å². The number of fused-ring (bicyclic) bond motifs is 1. The Balaban J connectivity index is 1.69. The van der Waals surface area contributed by atoms with E-state index in [1.807, 2.05) is 12.1 Å². The monoisotopic (exact) mass is 366 g/mol. The Labute approximate surface area is 160 Å². The minimum absolute atomic E-state index is 0.197. The van der Waals surface area contributed by atoms with Gasteiger partial charge < -0.3 is 9.47 Å². The van der Waals surface area contributed by atoms with E-state index in [9.17, 15) is 4.39 Å². The van der Waals surface area contributed by atoms with Gasteiger partial charge in [0.05, 0.1) is 17.6 Å². The molecule has 142 valence electrons. The van der Waals surface area contributed by atoms with Gasteiger partial charge in [-0.15, -0.1) is 0 Å². The molecule has 27 heavy (non-hydrogen) atoms. The predicted molar refractivity (Wildman–Crippen MR) is 109 cm³/mol. The quantitative estimate of drug-likeness (QED) is 0.680. The molecule has 1 aliphatic heterocycles. The molecule has 4 rings (SSSR count). The van der Waals surface area contributed by atoms with Crippen molar-refractivity contribution in [2.45, 2.75) is 26.8 Å². The molecule has 0 atom stereocenters. The molecule has 0 unspecified atom stereocenters. The maximum atomic E-state index is 13.3. The van der Waals surface area contributed by atoms with Gasteiger partial charge in [0.15, 0.2) is 0 Å². The summed E-state index contributed by atoms with van der Waals surface area (Å²) in [6.07, 6.45) is 1.20. The van der Waals surface area contributed by atoms with E-state index in [0.29, 0.717) is 6.54 Å². The first kappa shape index (κ1) is 18.0. The summed E-state index contributed by atoms with van der Waals surface area (Å²) in [7, 11) is 0. The lowest BCUT2D eigenvalue weighted by atomic mass is 10.2. The Morgan fingerprint density at radius 1 is 1.00 bits per heavy atom. The summed E-state index contributed by atoms with van der Waals surface area (Å²) >= 11 is 0. The van der Waals surface area contributed by atoms with Crippen molar-refractivity contribution >= 4 is 17.0 Å². The van der Waals surface area contributed by atoms with Gasteiger partial charge in [0, 0.05) is 26.2 Å². The van der Waals surface area contributed by atoms with Gasteiger partial charge in [-0.25, -0.2) is 9.37 Å². The van der Waals surface area contributed by atoms with Crippen LogP contribution in [0.25, 0.3) is 11.0 Å². The Morgan fingerprint density at radius 2 is 1.74 bits per heavy atom. The van der Waals surface area contributed by atoms with Crippen LogP contribution in [0, 0.1) is 12.7 Å². The fraction of sp³-hybridized carbons (Fsp3) is 0.409. The highest BCUT2D eigenvalue weighted by molar-refractivity contribution is 5.82. The second-order valence-electron chi connectivity index (χ2n) is 7.40. The Morgan fingerprint density at radius 3 is 2.44 bits per heavy atom. The summed E-state index contributed by atoms with van der Waals surface area (Å²) in [4.78, 5) is 9.94. The van der Waals surface area contributed by atoms with Crippen LogP contribution in [0.5, 0.6) is 0 Å². The van der Waals surface area contributed by atoms with Crippen molar-refractivity contribution in [3.63, 3.8) is 0 Å². The van der Waals surface area contributed by atoms with E-state index < -0.39 is 0 Å². The second kappa shape index (κ2) is 7.69. The Hall–Kier alpha value is -2.40. The molecule has 0 spiro atoms. The zero-order valence-corrected chi connectivity index (χ0v) is 16.2. The molecule has 1 fully saturated rings. The summed E-state index contributed by atoms with van der Waals surface area (Å²) in [6.45, 7) is 10.3. The van der Waals surface area contributed by atoms with Crippen molar-refractivity contribution in [1.82, 2.24) is 14.5 Å². The molecule has 1 aromatic heterocycles. The van der Waals surface area contributed by atoms with Crippen LogP contribution in [0.4, 0.5) is 10.3 Å². The van der Waals surface area contributed by atoms with Crippen LogP contribution in [-0.2, 0) is 6.54 Å². The molecule has 0 radical (unpaired) electrons. The number of para-hydroxylation sites is 1. The number of hydrogen-bond donors (Lipinski definition) is 0. The van der Waals surface area contributed by atoms with E-state index in [4.69, 9.17) is 4.98 Å². The van der Waals surface area contributed by atoms with Gasteiger partial charge in [-0.3, -0.25) is 4.90 Å². The first-order valence-corrected chi connectivity index (χ1v) is 9.83. The highest BCUT2D eigenvalue weighted by Gasteiger charge is 2.22. The van der Waals surface area contributed by atoms with Crippen LogP contribution in [0.3, 0.4) is 0 Å². The normalized spacial score (nSPS) is 15.6. The lowest BCUT2D eigenvalue weighted by Gasteiger charge is -2.35. The van der Waals surface area contributed by atoms with Gasteiger partial charge >= 0.3 is 0 Å². The van der Waals surface area contributed by atoms with Gasteiger partial charge in [0.1, 0.15) is 5.82 Å². The molecule has 0 bridgehead atoms. The van der Waals surface area contributed by atoms with Gasteiger partial charge in [-0.1, -0.05) is 31.2 Å². The van der Waals surface area contributed by atoms with Crippen molar-refractivity contribution < 1.29 is 4.39 Å². The number of aryl methyl sites for hydroxylation is 1. The number of nitrogens with zero attached hydrogens (tertiary/aromatic N) is 4. The van der Waals surface area contributed by atoms with Crippen LogP contribution < -0.4 is 4.90 Å². The molecule has 4 nitrogen and oxygen atoms in total. The minimum Gasteiger partial charge on any atom is -0.340 e. The van der Waals surface area contributed by atoms with Gasteiger partial charge in [0.2, 0.25) is 5.95 Å². The molecule has 0 aliphatic carbocycles. The van der Waals surface area contributed by atoms with Crippen molar-refractivity contribution in [2.75, 3.05) is 37.6 Å². The fourth-order valence-corrected chi connectivity index (χ4v) is 3.93. The number of anilines is 1. The number of imidazole rings is 1. The van der Waals surface area contributed by atoms with Crippen molar-refractivity contribution in [3.8, 4) is 0 Å². The van der Waals surface area contributed by atoms with E-state index in [0.717, 1.165) is 48.7 Å². The van der Waals surface area contributed by atoms with Crippen LogP contribution >= 0.6 is 0 Å². The van der Waals surface area contributed by atoms with Gasteiger partial charge in [-0.2, -0.15) is 0 Å². The van der Waals surface area contributed by atoms with Crippen molar-refractivity contribution in [2.24, 2.45) is 0 Å². The number of aromatic nitrogens is 2. The van der Waals surface area contributed by atoms with Crippen molar-refractivity contribution in [1.29, 1.82) is 0 Å². The first-order chi connectivity index (χ1) is 13.2. The number of rotatable bonds is 5. The highest BCUT2D eigenvalue weighted by Crippen LogP contribution is 2.27. The van der Waals surface area contributed by atoms with E-state index in [1.54, 1.807) is 0 Å². The molecule has 1 aliphatic rings. The summed E-state index contributed by atoms with van der Waals surface area (Å²) < 4.78 is 15.6. The minimum atomic E-state index is -0.197. The zero-order valence-electron chi connectivity index (χ0n) is 16.2. The summed E-state index contributed by atoms with van der Waals surface area (Å²) in [5.74, 6) is 0.831.